The summed E-state index contributed by atoms with van der Waals surface area (Å²) in [5.41, 5.74) is -4.08. The lowest BCUT2D eigenvalue weighted by molar-refractivity contribution is -0.137. The quantitative estimate of drug-likeness (QED) is 0.601. The van der Waals surface area contributed by atoms with Gasteiger partial charge >= 0.3 is 6.18 Å². The van der Waals surface area contributed by atoms with E-state index in [1.54, 1.807) is 0 Å². The number of aromatic amines is 1. The van der Waals surface area contributed by atoms with E-state index < -0.39 is 34.4 Å². The van der Waals surface area contributed by atoms with Gasteiger partial charge in [-0.05, 0) is 6.07 Å². The molecule has 8 heteroatoms. The van der Waals surface area contributed by atoms with Gasteiger partial charge in [-0.3, -0.25) is 4.79 Å². The molecular formula is C7H3ClF5NO. The lowest BCUT2D eigenvalue weighted by atomic mass is 10.2. The number of nitrogens with one attached hydrogen (secondary N) is 1. The molecule has 0 aliphatic heterocycles. The highest BCUT2D eigenvalue weighted by Gasteiger charge is 2.35. The first-order chi connectivity index (χ1) is 6.73. The molecule has 1 N–H and O–H groups in total. The molecule has 2 nitrogen and oxygen atoms in total. The first kappa shape index (κ1) is 12.0. The normalized spacial score (nSPS) is 12.2. The third kappa shape index (κ3) is 2.47. The molecule has 0 aliphatic rings. The molecule has 0 amide bonds. The summed E-state index contributed by atoms with van der Waals surface area (Å²) in [5, 5.41) is -1.00. The molecule has 84 valence electrons. The SMILES string of the molecule is O=c1[nH]c(Cl)c(C(F)(F)F)cc1C(F)F. The average Bonchev–Trinajstić information content (AvgIpc) is 2.00. The van der Waals surface area contributed by atoms with Gasteiger partial charge in [0, 0.05) is 0 Å². The molecule has 0 aromatic carbocycles. The number of rotatable bonds is 1. The fraction of sp³-hybridized carbons (Fsp3) is 0.286. The predicted molar refractivity (Wildman–Crippen MR) is 42.0 cm³/mol. The maximum atomic E-state index is 12.2. The standard InChI is InChI=1S/C7H3ClF5NO/c8-4-3(7(11,12)13)1-2(5(9)10)6(15)14-4/h1,5H,(H,14,15). The molecule has 0 spiro atoms. The highest BCUT2D eigenvalue weighted by Crippen LogP contribution is 2.34. The van der Waals surface area contributed by atoms with E-state index in [0.29, 0.717) is 0 Å². The lowest BCUT2D eigenvalue weighted by Crippen LogP contribution is -2.18. The third-order valence-electron chi connectivity index (χ3n) is 1.56. The highest BCUT2D eigenvalue weighted by molar-refractivity contribution is 6.30. The van der Waals surface area contributed by atoms with E-state index in [-0.39, 0.29) is 6.07 Å². The Morgan fingerprint density at radius 2 is 1.87 bits per heavy atom. The highest BCUT2D eigenvalue weighted by atomic mass is 35.5. The zero-order chi connectivity index (χ0) is 11.8. The van der Waals surface area contributed by atoms with Crippen LogP contribution in [0.3, 0.4) is 0 Å². The van der Waals surface area contributed by atoms with Crippen molar-refractivity contribution in [1.29, 1.82) is 0 Å². The van der Waals surface area contributed by atoms with Crippen molar-refractivity contribution < 1.29 is 22.0 Å². The minimum Gasteiger partial charge on any atom is -0.312 e. The largest absolute Gasteiger partial charge is 0.419 e. The van der Waals surface area contributed by atoms with Gasteiger partial charge in [0.25, 0.3) is 12.0 Å². The Morgan fingerprint density at radius 3 is 2.27 bits per heavy atom. The van der Waals surface area contributed by atoms with Gasteiger partial charge in [-0.2, -0.15) is 13.2 Å². The molecule has 1 aromatic rings. The van der Waals surface area contributed by atoms with Gasteiger partial charge in [-0.25, -0.2) is 8.78 Å². The summed E-state index contributed by atoms with van der Waals surface area (Å²) >= 11 is 5.07. The van der Waals surface area contributed by atoms with Crippen LogP contribution < -0.4 is 5.56 Å². The van der Waals surface area contributed by atoms with Gasteiger partial charge < -0.3 is 4.98 Å². The molecule has 0 unspecified atom stereocenters. The molecule has 0 atom stereocenters. The number of hydrogen-bond donors (Lipinski definition) is 1. The maximum Gasteiger partial charge on any atom is 0.419 e. The fourth-order valence-electron chi connectivity index (χ4n) is 0.892. The predicted octanol–water partition coefficient (Wildman–Crippen LogP) is 2.98. The van der Waals surface area contributed by atoms with Crippen LogP contribution >= 0.6 is 11.6 Å². The van der Waals surface area contributed by atoms with E-state index in [4.69, 9.17) is 11.6 Å². The summed E-state index contributed by atoms with van der Waals surface area (Å²) in [5.74, 6) is 0. The van der Waals surface area contributed by atoms with Crippen LogP contribution in [0.2, 0.25) is 5.15 Å². The first-order valence-electron chi connectivity index (χ1n) is 3.51. The Balaban J connectivity index is 3.44. The van der Waals surface area contributed by atoms with Crippen LogP contribution in [0.15, 0.2) is 10.9 Å². The van der Waals surface area contributed by atoms with Crippen LogP contribution in [0.25, 0.3) is 0 Å². The number of aromatic nitrogens is 1. The van der Waals surface area contributed by atoms with Gasteiger partial charge in [-0.15, -0.1) is 0 Å². The van der Waals surface area contributed by atoms with Crippen LogP contribution in [0.4, 0.5) is 22.0 Å². The molecule has 15 heavy (non-hydrogen) atoms. The van der Waals surface area contributed by atoms with Crippen LogP contribution in [-0.2, 0) is 6.18 Å². The number of H-pyrrole nitrogens is 1. The molecular weight excluding hydrogens is 245 g/mol. The van der Waals surface area contributed by atoms with E-state index >= 15 is 0 Å². The number of pyridine rings is 1. The third-order valence-corrected chi connectivity index (χ3v) is 1.86. The second-order valence-electron chi connectivity index (χ2n) is 2.58. The van der Waals surface area contributed by atoms with Crippen molar-refractivity contribution in [3.8, 4) is 0 Å². The second-order valence-corrected chi connectivity index (χ2v) is 2.96. The van der Waals surface area contributed by atoms with Crippen molar-refractivity contribution in [2.24, 2.45) is 0 Å². The Hall–Kier alpha value is -1.11. The zero-order valence-corrected chi connectivity index (χ0v) is 7.59. The van der Waals surface area contributed by atoms with Crippen molar-refractivity contribution >= 4 is 11.6 Å². The summed E-state index contributed by atoms with van der Waals surface area (Å²) in [6, 6.07) is 0.0475. The van der Waals surface area contributed by atoms with Crippen molar-refractivity contribution in [1.82, 2.24) is 4.98 Å². The molecule has 0 aliphatic carbocycles. The fourth-order valence-corrected chi connectivity index (χ4v) is 1.14. The summed E-state index contributed by atoms with van der Waals surface area (Å²) in [6.07, 6.45) is -8.17. The number of alkyl halides is 5. The molecule has 0 bridgehead atoms. The van der Waals surface area contributed by atoms with Gasteiger partial charge in [0.1, 0.15) is 5.15 Å². The second kappa shape index (κ2) is 3.80. The summed E-state index contributed by atoms with van der Waals surface area (Å²) in [6.45, 7) is 0. The van der Waals surface area contributed by atoms with Crippen LogP contribution in [0.5, 0.6) is 0 Å². The Bertz CT molecular complexity index is 424. The topological polar surface area (TPSA) is 32.9 Å². The van der Waals surface area contributed by atoms with Gasteiger partial charge in [0.2, 0.25) is 0 Å². The smallest absolute Gasteiger partial charge is 0.312 e. The average molecular weight is 248 g/mol. The van der Waals surface area contributed by atoms with Crippen LogP contribution in [0, 0.1) is 0 Å². The molecule has 1 rings (SSSR count). The molecule has 0 fully saturated rings. The van der Waals surface area contributed by atoms with Gasteiger partial charge in [-0.1, -0.05) is 11.6 Å². The summed E-state index contributed by atoms with van der Waals surface area (Å²) < 4.78 is 60.7. The molecule has 1 aromatic heterocycles. The first-order valence-corrected chi connectivity index (χ1v) is 3.89. The lowest BCUT2D eigenvalue weighted by Gasteiger charge is -2.09. The van der Waals surface area contributed by atoms with Crippen molar-refractivity contribution in [2.75, 3.05) is 0 Å². The zero-order valence-electron chi connectivity index (χ0n) is 6.83. The minimum absolute atomic E-state index is 0.0475. The Kier molecular flexibility index (Phi) is 3.03. The summed E-state index contributed by atoms with van der Waals surface area (Å²) in [4.78, 5) is 12.3. The van der Waals surface area contributed by atoms with Gasteiger partial charge in [0.15, 0.2) is 0 Å². The molecule has 1 heterocycles. The maximum absolute atomic E-state index is 12.2. The monoisotopic (exact) mass is 247 g/mol. The molecule has 0 saturated heterocycles. The molecule has 0 radical (unpaired) electrons. The minimum atomic E-state index is -4.88. The Labute approximate surface area is 84.7 Å². The van der Waals surface area contributed by atoms with Gasteiger partial charge in [0.05, 0.1) is 11.1 Å². The van der Waals surface area contributed by atoms with E-state index in [1.807, 2.05) is 0 Å². The van der Waals surface area contributed by atoms with Crippen molar-refractivity contribution in [3.63, 3.8) is 0 Å². The van der Waals surface area contributed by atoms with Crippen molar-refractivity contribution in [3.05, 3.63) is 32.7 Å². The summed E-state index contributed by atoms with van der Waals surface area (Å²) in [7, 11) is 0. The molecule has 0 saturated carbocycles. The van der Waals surface area contributed by atoms with Crippen LogP contribution in [-0.4, -0.2) is 4.98 Å². The van der Waals surface area contributed by atoms with Crippen molar-refractivity contribution in [2.45, 2.75) is 12.6 Å². The Morgan fingerprint density at radius 1 is 1.33 bits per heavy atom. The number of halogens is 6. The number of hydrogen-bond acceptors (Lipinski definition) is 1. The van der Waals surface area contributed by atoms with E-state index in [9.17, 15) is 26.7 Å². The van der Waals surface area contributed by atoms with Crippen LogP contribution in [0.1, 0.15) is 17.6 Å². The van der Waals surface area contributed by atoms with E-state index in [2.05, 4.69) is 0 Å². The van der Waals surface area contributed by atoms with E-state index in [1.165, 1.54) is 4.98 Å². The van der Waals surface area contributed by atoms with E-state index in [0.717, 1.165) is 0 Å².